The van der Waals surface area contributed by atoms with Gasteiger partial charge in [0.15, 0.2) is 11.6 Å². The third-order valence-corrected chi connectivity index (χ3v) is 7.37. The van der Waals surface area contributed by atoms with Crippen molar-refractivity contribution in [3.05, 3.63) is 53.2 Å². The van der Waals surface area contributed by atoms with E-state index in [4.69, 9.17) is 4.74 Å². The fourth-order valence-electron chi connectivity index (χ4n) is 4.93. The van der Waals surface area contributed by atoms with Crippen molar-refractivity contribution >= 4 is 15.8 Å². The first kappa shape index (κ1) is 25.8. The zero-order valence-corrected chi connectivity index (χ0v) is 20.1. The topological polar surface area (TPSA) is 84.4 Å². The molecular weight excluding hydrogens is 488 g/mol. The molecule has 1 N–H and O–H groups in total. The fourth-order valence-corrected chi connectivity index (χ4v) is 5.79. The van der Waals surface area contributed by atoms with Crippen LogP contribution < -0.4 is 9.62 Å². The van der Waals surface area contributed by atoms with Gasteiger partial charge in [-0.05, 0) is 49.3 Å². The highest BCUT2D eigenvalue weighted by Gasteiger charge is 2.33. The summed E-state index contributed by atoms with van der Waals surface area (Å²) in [6.45, 7) is 0.837. The molecule has 2 unspecified atom stereocenters. The molecule has 1 saturated carbocycles. The number of nitrogens with one attached hydrogen (secondary N) is 1. The van der Waals surface area contributed by atoms with Crippen LogP contribution in [0.5, 0.6) is 0 Å². The molecule has 1 aromatic heterocycles. The van der Waals surface area contributed by atoms with Crippen LogP contribution in [0.1, 0.15) is 48.5 Å². The quantitative estimate of drug-likeness (QED) is 0.563. The summed E-state index contributed by atoms with van der Waals surface area (Å²) in [5.74, 6) is -0.400. The van der Waals surface area contributed by atoms with Crippen LogP contribution in [0.25, 0.3) is 0 Å². The van der Waals surface area contributed by atoms with Crippen molar-refractivity contribution in [2.75, 3.05) is 30.9 Å². The van der Waals surface area contributed by atoms with E-state index in [-0.39, 0.29) is 30.1 Å². The van der Waals surface area contributed by atoms with Gasteiger partial charge in [-0.1, -0.05) is 18.6 Å². The molecule has 0 radical (unpaired) electrons. The molecule has 1 aliphatic carbocycles. The van der Waals surface area contributed by atoms with E-state index >= 15 is 4.39 Å². The molecule has 35 heavy (non-hydrogen) atoms. The molecule has 3 atom stereocenters. The van der Waals surface area contributed by atoms with Crippen LogP contribution in [-0.2, 0) is 27.4 Å². The van der Waals surface area contributed by atoms with Crippen LogP contribution in [0.4, 0.5) is 23.4 Å². The number of sulfonamides is 1. The molecule has 1 saturated heterocycles. The predicted octanol–water partition coefficient (Wildman–Crippen LogP) is 3.86. The minimum atomic E-state index is -4.44. The Bertz CT molecular complexity index is 1130. The van der Waals surface area contributed by atoms with E-state index in [0.29, 0.717) is 31.6 Å². The first-order valence-electron chi connectivity index (χ1n) is 11.5. The second-order valence-electron chi connectivity index (χ2n) is 9.09. The van der Waals surface area contributed by atoms with Gasteiger partial charge in [0.05, 0.1) is 36.8 Å². The summed E-state index contributed by atoms with van der Waals surface area (Å²) in [5, 5.41) is 0. The van der Waals surface area contributed by atoms with E-state index in [9.17, 15) is 21.6 Å². The van der Waals surface area contributed by atoms with Crippen molar-refractivity contribution in [1.82, 2.24) is 14.7 Å². The Morgan fingerprint density at radius 2 is 1.91 bits per heavy atom. The van der Waals surface area contributed by atoms with E-state index < -0.39 is 33.6 Å². The average molecular weight is 517 g/mol. The number of rotatable bonds is 7. The number of alkyl halides is 3. The Kier molecular flexibility index (Phi) is 7.62. The van der Waals surface area contributed by atoms with Crippen LogP contribution in [0.2, 0.25) is 0 Å². The zero-order valence-electron chi connectivity index (χ0n) is 19.3. The van der Waals surface area contributed by atoms with E-state index in [1.807, 2.05) is 0 Å². The number of benzene rings is 1. The minimum absolute atomic E-state index is 0.0837. The van der Waals surface area contributed by atoms with Gasteiger partial charge >= 0.3 is 6.18 Å². The Labute approximate surface area is 202 Å². The largest absolute Gasteiger partial charge is 0.416 e. The molecule has 2 aliphatic rings. The van der Waals surface area contributed by atoms with Crippen LogP contribution in [-0.4, -0.2) is 50.4 Å². The van der Waals surface area contributed by atoms with Gasteiger partial charge in [0.2, 0.25) is 10.0 Å². The highest BCUT2D eigenvalue weighted by Crippen LogP contribution is 2.35. The lowest BCUT2D eigenvalue weighted by Crippen LogP contribution is -2.40. The summed E-state index contributed by atoms with van der Waals surface area (Å²) in [4.78, 5) is 9.98. The number of aromatic nitrogens is 2. The summed E-state index contributed by atoms with van der Waals surface area (Å²) in [6.07, 6.45) is 1.38. The van der Waals surface area contributed by atoms with Crippen molar-refractivity contribution in [1.29, 1.82) is 0 Å². The normalized spacial score (nSPS) is 23.6. The molecule has 2 heterocycles. The summed E-state index contributed by atoms with van der Waals surface area (Å²) in [7, 11) is -3.33. The number of ether oxygens (including phenoxy) is 1. The molecule has 0 amide bonds. The summed E-state index contributed by atoms with van der Waals surface area (Å²) >= 11 is 0. The van der Waals surface area contributed by atoms with E-state index in [2.05, 4.69) is 14.7 Å². The number of nitrogens with zero attached hydrogens (tertiary/aromatic N) is 3. The molecule has 1 aliphatic heterocycles. The zero-order chi connectivity index (χ0) is 25.2. The number of halogens is 4. The number of anilines is 1. The maximum atomic E-state index is 15.5. The molecule has 4 rings (SSSR count). The van der Waals surface area contributed by atoms with Crippen LogP contribution in [0.15, 0.2) is 30.6 Å². The Balaban J connectivity index is 1.51. The van der Waals surface area contributed by atoms with Gasteiger partial charge in [0.1, 0.15) is 6.33 Å². The Morgan fingerprint density at radius 1 is 1.17 bits per heavy atom. The van der Waals surface area contributed by atoms with Gasteiger partial charge < -0.3 is 9.64 Å². The minimum Gasteiger partial charge on any atom is -0.377 e. The fraction of sp³-hybridized carbons (Fsp3) is 0.565. The molecule has 0 spiro atoms. The van der Waals surface area contributed by atoms with Crippen molar-refractivity contribution in [3.63, 3.8) is 0 Å². The number of hydrogen-bond donors (Lipinski definition) is 1. The molecule has 2 fully saturated rings. The second kappa shape index (κ2) is 10.4. The molecule has 1 aromatic carbocycles. The SMILES string of the molecule is CS(=O)(=O)NC1CCCC1CCc1ncnc(N2CCOC[C@@H]2c2ccc(C(F)(F)F)cc2)c1F. The molecule has 192 valence electrons. The highest BCUT2D eigenvalue weighted by molar-refractivity contribution is 7.88. The third-order valence-electron chi connectivity index (χ3n) is 6.64. The monoisotopic (exact) mass is 516 g/mol. The Morgan fingerprint density at radius 3 is 2.60 bits per heavy atom. The first-order valence-corrected chi connectivity index (χ1v) is 13.4. The van der Waals surface area contributed by atoms with Crippen molar-refractivity contribution in [2.24, 2.45) is 5.92 Å². The second-order valence-corrected chi connectivity index (χ2v) is 10.9. The Hall–Kier alpha value is -2.31. The van der Waals surface area contributed by atoms with Gasteiger partial charge in [-0.15, -0.1) is 0 Å². The van der Waals surface area contributed by atoms with Crippen molar-refractivity contribution < 1.29 is 30.7 Å². The lowest BCUT2D eigenvalue weighted by molar-refractivity contribution is -0.137. The first-order chi connectivity index (χ1) is 16.5. The molecule has 7 nitrogen and oxygen atoms in total. The number of morpholine rings is 1. The molecule has 0 bridgehead atoms. The van der Waals surface area contributed by atoms with Gasteiger partial charge in [0, 0.05) is 12.6 Å². The lowest BCUT2D eigenvalue weighted by Gasteiger charge is -2.37. The van der Waals surface area contributed by atoms with Crippen LogP contribution in [0, 0.1) is 11.7 Å². The lowest BCUT2D eigenvalue weighted by atomic mass is 9.97. The van der Waals surface area contributed by atoms with Crippen molar-refractivity contribution in [2.45, 2.75) is 50.4 Å². The summed E-state index contributed by atoms with van der Waals surface area (Å²) < 4.78 is 85.9. The van der Waals surface area contributed by atoms with Gasteiger partial charge in [-0.3, -0.25) is 0 Å². The maximum absolute atomic E-state index is 15.5. The van der Waals surface area contributed by atoms with E-state index in [1.54, 1.807) is 4.90 Å². The summed E-state index contributed by atoms with van der Waals surface area (Å²) in [5.41, 5.74) is 0.0474. The molecule has 12 heteroatoms. The third kappa shape index (κ3) is 6.28. The van der Waals surface area contributed by atoms with Crippen LogP contribution in [0.3, 0.4) is 0 Å². The maximum Gasteiger partial charge on any atom is 0.416 e. The van der Waals surface area contributed by atoms with Crippen molar-refractivity contribution in [3.8, 4) is 0 Å². The standard InChI is InChI=1S/C23H28F4N4O3S/c1-35(32,33)30-18-4-2-3-15(18)7-10-19-21(24)22(29-14-28-19)31-11-12-34-13-20(31)16-5-8-17(9-6-16)23(25,26)27/h5-6,8-9,14-15,18,20,30H,2-4,7,10-13H2,1H3/t15?,18?,20-/m1/s1. The van der Waals surface area contributed by atoms with E-state index in [1.165, 1.54) is 18.5 Å². The number of aryl methyl sites for hydroxylation is 1. The van der Waals surface area contributed by atoms with Gasteiger partial charge in [0.25, 0.3) is 0 Å². The van der Waals surface area contributed by atoms with E-state index in [0.717, 1.165) is 37.7 Å². The smallest absolute Gasteiger partial charge is 0.377 e. The van der Waals surface area contributed by atoms with Gasteiger partial charge in [-0.25, -0.2) is 27.5 Å². The molecular formula is C23H28F4N4O3S. The van der Waals surface area contributed by atoms with Crippen LogP contribution >= 0.6 is 0 Å². The number of hydrogen-bond acceptors (Lipinski definition) is 6. The predicted molar refractivity (Wildman–Crippen MR) is 122 cm³/mol. The molecule has 2 aromatic rings. The average Bonchev–Trinajstić information content (AvgIpc) is 3.23. The summed E-state index contributed by atoms with van der Waals surface area (Å²) in [6, 6.07) is 4.10. The highest BCUT2D eigenvalue weighted by atomic mass is 32.2. The van der Waals surface area contributed by atoms with Gasteiger partial charge in [-0.2, -0.15) is 13.2 Å².